The molecule has 2 aromatic heterocycles. The topological polar surface area (TPSA) is 119 Å². The number of nitrogens with zero attached hydrogens (tertiary/aromatic N) is 2. The van der Waals surface area contributed by atoms with Gasteiger partial charge in [-0.15, -0.1) is 0 Å². The second-order valence-corrected chi connectivity index (χ2v) is 12.8. The lowest BCUT2D eigenvalue weighted by atomic mass is 9.93. The highest BCUT2D eigenvalue weighted by Gasteiger charge is 2.36. The zero-order valence-electron chi connectivity index (χ0n) is 26.6. The van der Waals surface area contributed by atoms with Crippen LogP contribution in [0.2, 0.25) is 5.02 Å². The van der Waals surface area contributed by atoms with Crippen LogP contribution in [0, 0.1) is 0 Å². The second-order valence-electron chi connectivity index (χ2n) is 11.4. The molecule has 0 fully saturated rings. The summed E-state index contributed by atoms with van der Waals surface area (Å²) in [5.41, 5.74) is 2.28. The number of ether oxygens (including phenoxy) is 4. The minimum absolute atomic E-state index is 0.0676. The average Bonchev–Trinajstić information content (AvgIpc) is 3.83. The van der Waals surface area contributed by atoms with E-state index in [1.54, 1.807) is 75.4 Å². The molecule has 7 rings (SSSR count). The van der Waals surface area contributed by atoms with Gasteiger partial charge in [0.2, 0.25) is 6.79 Å². The summed E-state index contributed by atoms with van der Waals surface area (Å²) >= 11 is 7.45. The molecular formula is C37H29ClN2O8S. The van der Waals surface area contributed by atoms with Crippen LogP contribution in [0.15, 0.2) is 98.6 Å². The third-order valence-electron chi connectivity index (χ3n) is 7.80. The molecule has 12 heteroatoms. The van der Waals surface area contributed by atoms with Crippen molar-refractivity contribution in [2.45, 2.75) is 32.9 Å². The zero-order chi connectivity index (χ0) is 34.2. The van der Waals surface area contributed by atoms with Crippen LogP contribution < -0.4 is 24.4 Å². The third-order valence-corrected chi connectivity index (χ3v) is 9.01. The molecule has 0 amide bonds. The predicted octanol–water partition coefficient (Wildman–Crippen LogP) is 6.14. The largest absolute Gasteiger partial charge is 0.463 e. The minimum atomic E-state index is -0.893. The number of thiazole rings is 1. The van der Waals surface area contributed by atoms with E-state index in [4.69, 9.17) is 40.0 Å². The normalized spacial score (nSPS) is 15.3. The van der Waals surface area contributed by atoms with Gasteiger partial charge in [0, 0.05) is 22.2 Å². The van der Waals surface area contributed by atoms with Crippen molar-refractivity contribution in [3.05, 3.63) is 132 Å². The SMILES string of the molecule is CCOC(=O)C1=C(c2ccccc2)N=c2s/c(=C/c3ccc(-c4cc(Cl)ccc4C(=O)OC(C)C)o3)c(=O)n2[C@H]1c1ccc2c(c1)OCO2. The number of carbonyl (C=O) groups is 2. The molecule has 2 aliphatic heterocycles. The van der Waals surface area contributed by atoms with Crippen molar-refractivity contribution >= 4 is 46.6 Å². The molecule has 1 atom stereocenters. The number of benzene rings is 3. The molecule has 3 aromatic carbocycles. The summed E-state index contributed by atoms with van der Waals surface area (Å²) in [6.45, 7) is 5.46. The summed E-state index contributed by atoms with van der Waals surface area (Å²) in [5.74, 6) is 0.688. The molecule has 2 aliphatic rings. The first-order valence-corrected chi connectivity index (χ1v) is 16.7. The van der Waals surface area contributed by atoms with Gasteiger partial charge < -0.3 is 23.4 Å². The molecule has 0 radical (unpaired) electrons. The smallest absolute Gasteiger partial charge is 0.339 e. The average molecular weight is 697 g/mol. The Morgan fingerprint density at radius 1 is 1.02 bits per heavy atom. The number of halogens is 1. The Kier molecular flexibility index (Phi) is 8.70. The van der Waals surface area contributed by atoms with Crippen LogP contribution in [0.5, 0.6) is 11.5 Å². The number of aromatic nitrogens is 1. The number of furan rings is 1. The van der Waals surface area contributed by atoms with E-state index in [1.165, 1.54) is 4.57 Å². The number of rotatable bonds is 8. The van der Waals surface area contributed by atoms with E-state index in [0.717, 1.165) is 11.3 Å². The van der Waals surface area contributed by atoms with Gasteiger partial charge in [-0.3, -0.25) is 9.36 Å². The first kappa shape index (κ1) is 32.2. The number of hydrogen-bond donors (Lipinski definition) is 0. The van der Waals surface area contributed by atoms with Gasteiger partial charge in [-0.25, -0.2) is 14.6 Å². The van der Waals surface area contributed by atoms with Crippen LogP contribution in [0.4, 0.5) is 0 Å². The van der Waals surface area contributed by atoms with E-state index >= 15 is 0 Å². The molecule has 5 aromatic rings. The van der Waals surface area contributed by atoms with Crippen LogP contribution in [0.3, 0.4) is 0 Å². The van der Waals surface area contributed by atoms with Crippen molar-refractivity contribution in [3.63, 3.8) is 0 Å². The fourth-order valence-electron chi connectivity index (χ4n) is 5.72. The molecule has 0 bridgehead atoms. The van der Waals surface area contributed by atoms with Crippen molar-refractivity contribution in [1.29, 1.82) is 0 Å². The van der Waals surface area contributed by atoms with Gasteiger partial charge in [0.1, 0.15) is 11.5 Å². The number of esters is 2. The van der Waals surface area contributed by atoms with Gasteiger partial charge in [0.15, 0.2) is 16.3 Å². The van der Waals surface area contributed by atoms with E-state index < -0.39 is 18.0 Å². The molecule has 10 nitrogen and oxygen atoms in total. The van der Waals surface area contributed by atoms with Gasteiger partial charge in [0.05, 0.1) is 40.1 Å². The first-order chi connectivity index (χ1) is 23.7. The van der Waals surface area contributed by atoms with Crippen molar-refractivity contribution in [2.75, 3.05) is 13.4 Å². The molecular weight excluding hydrogens is 668 g/mol. The van der Waals surface area contributed by atoms with E-state index in [-0.39, 0.29) is 30.6 Å². The Hall–Kier alpha value is -5.39. The van der Waals surface area contributed by atoms with Crippen LogP contribution in [0.25, 0.3) is 23.1 Å². The number of hydrogen-bond acceptors (Lipinski definition) is 10. The minimum Gasteiger partial charge on any atom is -0.463 e. The lowest BCUT2D eigenvalue weighted by Crippen LogP contribution is -2.40. The van der Waals surface area contributed by atoms with Crippen molar-refractivity contribution in [3.8, 4) is 22.8 Å². The van der Waals surface area contributed by atoms with Crippen LogP contribution in [0.1, 0.15) is 54.1 Å². The highest BCUT2D eigenvalue weighted by Crippen LogP contribution is 2.40. The fraction of sp³-hybridized carbons (Fsp3) is 0.189. The van der Waals surface area contributed by atoms with Crippen molar-refractivity contribution in [2.24, 2.45) is 4.99 Å². The number of carbonyl (C=O) groups excluding carboxylic acids is 2. The maximum atomic E-state index is 14.3. The Morgan fingerprint density at radius 3 is 2.59 bits per heavy atom. The van der Waals surface area contributed by atoms with Crippen molar-refractivity contribution in [1.82, 2.24) is 4.57 Å². The lowest BCUT2D eigenvalue weighted by molar-refractivity contribution is -0.138. The van der Waals surface area contributed by atoms with Gasteiger partial charge in [-0.2, -0.15) is 0 Å². The van der Waals surface area contributed by atoms with Crippen LogP contribution in [-0.2, 0) is 14.3 Å². The summed E-state index contributed by atoms with van der Waals surface area (Å²) in [4.78, 5) is 46.2. The van der Waals surface area contributed by atoms with Gasteiger partial charge >= 0.3 is 11.9 Å². The molecule has 4 heterocycles. The summed E-state index contributed by atoms with van der Waals surface area (Å²) in [6.07, 6.45) is 1.29. The molecule has 0 unspecified atom stereocenters. The van der Waals surface area contributed by atoms with E-state index in [9.17, 15) is 14.4 Å². The summed E-state index contributed by atoms with van der Waals surface area (Å²) in [5, 5.41) is 0.414. The van der Waals surface area contributed by atoms with Crippen LogP contribution >= 0.6 is 22.9 Å². The molecule has 0 N–H and O–H groups in total. The zero-order valence-corrected chi connectivity index (χ0v) is 28.2. The molecule has 0 saturated carbocycles. The van der Waals surface area contributed by atoms with Gasteiger partial charge in [-0.1, -0.05) is 59.3 Å². The highest BCUT2D eigenvalue weighted by molar-refractivity contribution is 7.07. The molecule has 49 heavy (non-hydrogen) atoms. The maximum Gasteiger partial charge on any atom is 0.339 e. The maximum absolute atomic E-state index is 14.3. The molecule has 0 aliphatic carbocycles. The van der Waals surface area contributed by atoms with Gasteiger partial charge in [-0.05, 0) is 68.8 Å². The Labute approximate surface area is 289 Å². The van der Waals surface area contributed by atoms with E-state index in [0.29, 0.717) is 65.3 Å². The Bertz CT molecular complexity index is 2320. The molecule has 0 spiro atoms. The quantitative estimate of drug-likeness (QED) is 0.178. The summed E-state index contributed by atoms with van der Waals surface area (Å²) in [7, 11) is 0. The lowest BCUT2D eigenvalue weighted by Gasteiger charge is -2.26. The molecule has 248 valence electrons. The third kappa shape index (κ3) is 6.18. The number of fused-ring (bicyclic) bond motifs is 2. The first-order valence-electron chi connectivity index (χ1n) is 15.5. The summed E-state index contributed by atoms with van der Waals surface area (Å²) < 4.78 is 30.1. The predicted molar refractivity (Wildman–Crippen MR) is 183 cm³/mol. The van der Waals surface area contributed by atoms with Gasteiger partial charge in [0.25, 0.3) is 5.56 Å². The fourth-order valence-corrected chi connectivity index (χ4v) is 6.87. The summed E-state index contributed by atoms with van der Waals surface area (Å²) in [6, 6.07) is 21.9. The van der Waals surface area contributed by atoms with Crippen molar-refractivity contribution < 1.29 is 33.0 Å². The second kappa shape index (κ2) is 13.3. The van der Waals surface area contributed by atoms with E-state index in [2.05, 4.69) is 0 Å². The van der Waals surface area contributed by atoms with Crippen LogP contribution in [-0.4, -0.2) is 36.0 Å². The highest BCUT2D eigenvalue weighted by atomic mass is 35.5. The standard InChI is InChI=1S/C37H29ClN2O8S/c1-4-44-36(43)31-32(21-8-6-5-7-9-21)39-37-40(33(31)22-10-14-28-29(16-22)46-19-45-28)34(41)30(49-37)18-24-12-15-27(48-24)26-17-23(38)11-13-25(26)35(42)47-20(2)3/h5-18,20,33H,4,19H2,1-3H3/b30-18+/t33-/m0/s1. The Morgan fingerprint density at radius 2 is 1.82 bits per heavy atom. The monoisotopic (exact) mass is 696 g/mol. The van der Waals surface area contributed by atoms with E-state index in [1.807, 2.05) is 30.3 Å². The molecule has 0 saturated heterocycles. The Balaban J connectivity index is 1.39.